The highest BCUT2D eigenvalue weighted by atomic mass is 79.9. The van der Waals surface area contributed by atoms with E-state index in [1.807, 2.05) is 0 Å². The Morgan fingerprint density at radius 3 is 2.94 bits per heavy atom. The maximum atomic E-state index is 11.8. The molecule has 0 aliphatic heterocycles. The van der Waals surface area contributed by atoms with Crippen molar-refractivity contribution in [3.8, 4) is 0 Å². The summed E-state index contributed by atoms with van der Waals surface area (Å²) in [6.07, 6.45) is 4.99. The number of nitrogens with zero attached hydrogens (tertiary/aromatic N) is 2. The first-order valence-electron chi connectivity index (χ1n) is 4.60. The number of hydrogen-bond donors (Lipinski definition) is 0. The first-order valence-corrected chi connectivity index (χ1v) is 5.39. The summed E-state index contributed by atoms with van der Waals surface area (Å²) < 4.78 is 0.707. The van der Waals surface area contributed by atoms with E-state index in [0.717, 1.165) is 5.56 Å². The van der Waals surface area contributed by atoms with Crippen molar-refractivity contribution in [2.24, 2.45) is 4.99 Å². The summed E-state index contributed by atoms with van der Waals surface area (Å²) in [6, 6.07) is 3.59. The summed E-state index contributed by atoms with van der Waals surface area (Å²) in [5.41, 5.74) is 1.20. The third-order valence-electron chi connectivity index (χ3n) is 1.89. The van der Waals surface area contributed by atoms with Crippen molar-refractivity contribution in [2.75, 3.05) is 0 Å². The van der Waals surface area contributed by atoms with E-state index >= 15 is 0 Å². The third kappa shape index (κ3) is 3.55. The second-order valence-corrected chi connectivity index (χ2v) is 3.84. The second-order valence-electron chi connectivity index (χ2n) is 3.03. The Bertz CT molecular complexity index is 452. The van der Waals surface area contributed by atoms with Crippen molar-refractivity contribution in [1.29, 1.82) is 0 Å². The van der Waals surface area contributed by atoms with Gasteiger partial charge in [-0.2, -0.15) is 0 Å². The highest BCUT2D eigenvalue weighted by Gasteiger charge is 2.08. The zero-order chi connectivity index (χ0) is 12.0. The quantitative estimate of drug-likeness (QED) is 0.360. The molecule has 0 aliphatic rings. The maximum Gasteiger partial charge on any atom is 0.185 e. The van der Waals surface area contributed by atoms with Gasteiger partial charge in [-0.3, -0.25) is 9.79 Å². The summed E-state index contributed by atoms with van der Waals surface area (Å²) in [7, 11) is 0. The smallest absolute Gasteiger partial charge is 0.185 e. The second kappa shape index (κ2) is 6.12. The van der Waals surface area contributed by atoms with E-state index < -0.39 is 0 Å². The van der Waals surface area contributed by atoms with Gasteiger partial charge in [0.05, 0.1) is 0 Å². The van der Waals surface area contributed by atoms with Gasteiger partial charge in [0.15, 0.2) is 5.78 Å². The molecule has 4 heteroatoms. The molecule has 0 aromatic carbocycles. The molecule has 0 atom stereocenters. The average Bonchev–Trinajstić information content (AvgIpc) is 2.25. The van der Waals surface area contributed by atoms with Crippen molar-refractivity contribution >= 4 is 28.4 Å². The predicted octanol–water partition coefficient (Wildman–Crippen LogP) is 2.73. The molecule has 16 heavy (non-hydrogen) atoms. The van der Waals surface area contributed by atoms with Gasteiger partial charge in [0, 0.05) is 12.6 Å². The number of allylic oxidation sites excluding steroid dienone is 3. The van der Waals surface area contributed by atoms with Gasteiger partial charge in [0.2, 0.25) is 0 Å². The SMILES string of the molecule is C=C/C=C(\N=C)C(=O)Cc1ccnc(Br)c1. The van der Waals surface area contributed by atoms with Crippen LogP contribution in [0.1, 0.15) is 5.56 Å². The molecule has 82 valence electrons. The van der Waals surface area contributed by atoms with Gasteiger partial charge in [0.1, 0.15) is 10.3 Å². The molecular weight excluding hydrogens is 268 g/mol. The lowest BCUT2D eigenvalue weighted by Gasteiger charge is -2.01. The molecule has 1 heterocycles. The van der Waals surface area contributed by atoms with Gasteiger partial charge in [-0.05, 0) is 46.4 Å². The number of halogens is 1. The van der Waals surface area contributed by atoms with Gasteiger partial charge in [-0.1, -0.05) is 12.7 Å². The van der Waals surface area contributed by atoms with Crippen LogP contribution in [0.25, 0.3) is 0 Å². The molecule has 1 aromatic rings. The molecule has 0 amide bonds. The molecule has 0 N–H and O–H groups in total. The van der Waals surface area contributed by atoms with Gasteiger partial charge in [-0.15, -0.1) is 0 Å². The van der Waals surface area contributed by atoms with Crippen LogP contribution in [0.2, 0.25) is 0 Å². The summed E-state index contributed by atoms with van der Waals surface area (Å²) in [4.78, 5) is 19.4. The largest absolute Gasteiger partial charge is 0.292 e. The van der Waals surface area contributed by atoms with E-state index in [0.29, 0.717) is 10.3 Å². The van der Waals surface area contributed by atoms with Crippen molar-refractivity contribution < 1.29 is 4.79 Å². The highest BCUT2D eigenvalue weighted by molar-refractivity contribution is 9.10. The van der Waals surface area contributed by atoms with E-state index in [1.54, 1.807) is 24.4 Å². The number of ketones is 1. The number of carbonyl (C=O) groups excluding carboxylic acids is 1. The summed E-state index contributed by atoms with van der Waals surface area (Å²) >= 11 is 3.25. The average molecular weight is 279 g/mol. The van der Waals surface area contributed by atoms with Gasteiger partial charge in [0.25, 0.3) is 0 Å². The van der Waals surface area contributed by atoms with E-state index in [2.05, 4.69) is 39.2 Å². The van der Waals surface area contributed by atoms with Crippen LogP contribution < -0.4 is 0 Å². The fraction of sp³-hybridized carbons (Fsp3) is 0.0833. The Morgan fingerprint density at radius 1 is 1.62 bits per heavy atom. The summed E-state index contributed by atoms with van der Waals surface area (Å²) in [5.74, 6) is -0.0898. The molecule has 0 aliphatic carbocycles. The van der Waals surface area contributed by atoms with Crippen molar-refractivity contribution in [3.63, 3.8) is 0 Å². The van der Waals surface area contributed by atoms with Crippen molar-refractivity contribution in [1.82, 2.24) is 4.98 Å². The van der Waals surface area contributed by atoms with Crippen LogP contribution in [0.4, 0.5) is 0 Å². The van der Waals surface area contributed by atoms with E-state index in [-0.39, 0.29) is 12.2 Å². The van der Waals surface area contributed by atoms with Gasteiger partial charge < -0.3 is 0 Å². The number of carbonyl (C=O) groups is 1. The standard InChI is InChI=1S/C12H11BrN2O/c1-3-4-10(14-2)11(16)7-9-5-6-15-12(13)8-9/h3-6,8H,1-2,7H2/b10-4-. The Hall–Kier alpha value is -1.55. The number of hydrogen-bond acceptors (Lipinski definition) is 3. The van der Waals surface area contributed by atoms with Gasteiger partial charge in [-0.25, -0.2) is 4.98 Å². The zero-order valence-corrected chi connectivity index (χ0v) is 10.3. The Kier molecular flexibility index (Phi) is 4.79. The summed E-state index contributed by atoms with van der Waals surface area (Å²) in [6.45, 7) is 6.87. The Balaban J connectivity index is 2.82. The van der Waals surface area contributed by atoms with Gasteiger partial charge >= 0.3 is 0 Å². The monoisotopic (exact) mass is 278 g/mol. The molecular formula is C12H11BrN2O. The van der Waals surface area contributed by atoms with Crippen LogP contribution >= 0.6 is 15.9 Å². The first-order chi connectivity index (χ1) is 7.67. The molecule has 0 bridgehead atoms. The number of rotatable bonds is 5. The Morgan fingerprint density at radius 2 is 2.38 bits per heavy atom. The minimum Gasteiger partial charge on any atom is -0.292 e. The predicted molar refractivity (Wildman–Crippen MR) is 68.5 cm³/mol. The topological polar surface area (TPSA) is 42.3 Å². The number of aliphatic imine (C=N–C) groups is 1. The lowest BCUT2D eigenvalue weighted by atomic mass is 10.1. The fourth-order valence-corrected chi connectivity index (χ4v) is 1.59. The van der Waals surface area contributed by atoms with Crippen LogP contribution in [-0.2, 0) is 11.2 Å². The fourth-order valence-electron chi connectivity index (χ4n) is 1.17. The number of pyridine rings is 1. The van der Waals surface area contributed by atoms with Crippen LogP contribution in [0.3, 0.4) is 0 Å². The van der Waals surface area contributed by atoms with Crippen LogP contribution in [-0.4, -0.2) is 17.5 Å². The molecule has 0 saturated carbocycles. The molecule has 0 unspecified atom stereocenters. The van der Waals surface area contributed by atoms with E-state index in [9.17, 15) is 4.79 Å². The summed E-state index contributed by atoms with van der Waals surface area (Å²) in [5, 5.41) is 0. The Labute approximate surface area is 103 Å². The molecule has 0 spiro atoms. The maximum absolute atomic E-state index is 11.8. The third-order valence-corrected chi connectivity index (χ3v) is 2.32. The molecule has 0 radical (unpaired) electrons. The number of Topliss-reactive ketones (excluding diaryl/α,β-unsaturated/α-hetero) is 1. The van der Waals surface area contributed by atoms with Crippen LogP contribution in [0, 0.1) is 0 Å². The van der Waals surface area contributed by atoms with Crippen LogP contribution in [0.5, 0.6) is 0 Å². The molecule has 0 fully saturated rings. The number of aromatic nitrogens is 1. The lowest BCUT2D eigenvalue weighted by molar-refractivity contribution is -0.115. The van der Waals surface area contributed by atoms with Crippen molar-refractivity contribution in [2.45, 2.75) is 6.42 Å². The minimum absolute atomic E-state index is 0.0898. The van der Waals surface area contributed by atoms with E-state index in [1.165, 1.54) is 6.08 Å². The normalized spacial score (nSPS) is 10.9. The first kappa shape index (κ1) is 12.5. The highest BCUT2D eigenvalue weighted by Crippen LogP contribution is 2.11. The van der Waals surface area contributed by atoms with Crippen LogP contribution in [0.15, 0.2) is 52.4 Å². The zero-order valence-electron chi connectivity index (χ0n) is 8.69. The van der Waals surface area contributed by atoms with E-state index in [4.69, 9.17) is 0 Å². The lowest BCUT2D eigenvalue weighted by Crippen LogP contribution is -2.04. The van der Waals surface area contributed by atoms with Crippen molar-refractivity contribution in [3.05, 3.63) is 52.9 Å². The minimum atomic E-state index is -0.0898. The molecule has 1 rings (SSSR count). The molecule has 0 saturated heterocycles. The molecule has 1 aromatic heterocycles. The molecule has 3 nitrogen and oxygen atoms in total.